The second-order valence-electron chi connectivity index (χ2n) is 12.5. The molecule has 3 atom stereocenters. The number of thioether (sulfide) groups is 1. The zero-order chi connectivity index (χ0) is 33.3. The summed E-state index contributed by atoms with van der Waals surface area (Å²) in [5.41, 5.74) is 0.428. The van der Waals surface area contributed by atoms with Crippen molar-refractivity contribution in [3.05, 3.63) is 36.5 Å². The maximum Gasteiger partial charge on any atom is 0.315 e. The minimum atomic E-state index is -3.85. The fraction of sp³-hybridized carbons (Fsp3) is 0.647. The van der Waals surface area contributed by atoms with Crippen molar-refractivity contribution in [1.29, 1.82) is 0 Å². The van der Waals surface area contributed by atoms with Gasteiger partial charge in [-0.05, 0) is 57.1 Å². The highest BCUT2D eigenvalue weighted by Gasteiger charge is 2.42. The number of carbonyl (C=O) groups excluding carboxylic acids is 3. The number of rotatable bonds is 23. The molecular formula is C34H51N5O6S2. The van der Waals surface area contributed by atoms with E-state index >= 15 is 0 Å². The maximum absolute atomic E-state index is 12.6. The number of unbranched alkanes of at least 4 members (excludes halogenated alkanes) is 9. The number of carbonyl (C=O) groups is 3. The van der Waals surface area contributed by atoms with Gasteiger partial charge in [0.2, 0.25) is 11.8 Å². The van der Waals surface area contributed by atoms with Gasteiger partial charge in [0.05, 0.1) is 24.2 Å². The number of para-hydroxylation sites is 1. The second-order valence-corrected chi connectivity index (χ2v) is 15.3. The number of nitrogens with zero attached hydrogens (tertiary/aromatic N) is 1. The molecule has 11 nitrogen and oxygen atoms in total. The van der Waals surface area contributed by atoms with Gasteiger partial charge in [-0.3, -0.25) is 18.8 Å². The third-order valence-corrected chi connectivity index (χ3v) is 11.6. The smallest absolute Gasteiger partial charge is 0.315 e. The van der Waals surface area contributed by atoms with Crippen LogP contribution in [0, 0.1) is 0 Å². The van der Waals surface area contributed by atoms with Crippen LogP contribution in [0.1, 0.15) is 96.3 Å². The first-order valence-corrected chi connectivity index (χ1v) is 19.7. The summed E-state index contributed by atoms with van der Waals surface area (Å²) in [6, 6.07) is 9.07. The highest BCUT2D eigenvalue weighted by Crippen LogP contribution is 2.33. The molecule has 4 amide bonds. The lowest BCUT2D eigenvalue weighted by Crippen LogP contribution is -2.36. The molecule has 2 fully saturated rings. The summed E-state index contributed by atoms with van der Waals surface area (Å²) >= 11 is 1.91. The molecule has 47 heavy (non-hydrogen) atoms. The number of pyridine rings is 1. The Bertz CT molecular complexity index is 1400. The van der Waals surface area contributed by atoms with Crippen LogP contribution in [0.5, 0.6) is 0 Å². The van der Waals surface area contributed by atoms with Crippen LogP contribution < -0.4 is 21.3 Å². The van der Waals surface area contributed by atoms with Crippen molar-refractivity contribution in [2.24, 2.45) is 0 Å². The fourth-order valence-corrected chi connectivity index (χ4v) is 8.78. The summed E-state index contributed by atoms with van der Waals surface area (Å²) in [5.74, 6) is 1.15. The molecule has 260 valence electrons. The minimum Gasteiger partial charge on any atom is -0.356 e. The fourth-order valence-electron chi connectivity index (χ4n) is 6.11. The Morgan fingerprint density at radius 1 is 0.830 bits per heavy atom. The Balaban J connectivity index is 0.887. The number of aromatic nitrogens is 1. The molecule has 4 N–H and O–H groups in total. The molecule has 2 saturated heterocycles. The van der Waals surface area contributed by atoms with E-state index in [1.807, 2.05) is 23.9 Å². The zero-order valence-electron chi connectivity index (χ0n) is 27.3. The first-order chi connectivity index (χ1) is 22.8. The van der Waals surface area contributed by atoms with Crippen LogP contribution in [-0.2, 0) is 23.9 Å². The molecule has 0 bridgehead atoms. The third-order valence-electron chi connectivity index (χ3n) is 8.73. The molecule has 2 aliphatic heterocycles. The van der Waals surface area contributed by atoms with E-state index in [1.165, 1.54) is 6.07 Å². The van der Waals surface area contributed by atoms with E-state index < -0.39 is 10.1 Å². The van der Waals surface area contributed by atoms with Gasteiger partial charge in [0.15, 0.2) is 0 Å². The van der Waals surface area contributed by atoms with Gasteiger partial charge in [-0.2, -0.15) is 20.2 Å². The summed E-state index contributed by atoms with van der Waals surface area (Å²) in [6.45, 7) is 1.49. The Labute approximate surface area is 283 Å². The number of hydrogen-bond acceptors (Lipinski definition) is 8. The van der Waals surface area contributed by atoms with Crippen molar-refractivity contribution >= 4 is 50.6 Å². The summed E-state index contributed by atoms with van der Waals surface area (Å²) < 4.78 is 30.5. The summed E-state index contributed by atoms with van der Waals surface area (Å²) in [7, 11) is -3.85. The van der Waals surface area contributed by atoms with Gasteiger partial charge < -0.3 is 21.3 Å². The normalized spacial score (nSPS) is 18.9. The SMILES string of the molecule is O=C(CCCCCCCCCOS(=O)(=O)c1cccc2cccnc12)NCCCCCNC(=O)CCCC[C@@H]1SC[C@@H]2NC(=O)N[C@@H]21. The van der Waals surface area contributed by atoms with E-state index in [2.05, 4.69) is 26.3 Å². The monoisotopic (exact) mass is 689 g/mol. The van der Waals surface area contributed by atoms with Crippen LogP contribution >= 0.6 is 11.8 Å². The number of fused-ring (bicyclic) bond motifs is 2. The molecule has 0 aliphatic carbocycles. The lowest BCUT2D eigenvalue weighted by molar-refractivity contribution is -0.121. The molecule has 0 radical (unpaired) electrons. The van der Waals surface area contributed by atoms with Crippen molar-refractivity contribution in [1.82, 2.24) is 26.3 Å². The van der Waals surface area contributed by atoms with Crippen LogP contribution in [0.3, 0.4) is 0 Å². The lowest BCUT2D eigenvalue weighted by atomic mass is 10.0. The largest absolute Gasteiger partial charge is 0.356 e. The van der Waals surface area contributed by atoms with Gasteiger partial charge in [0, 0.05) is 48.5 Å². The predicted molar refractivity (Wildman–Crippen MR) is 186 cm³/mol. The highest BCUT2D eigenvalue weighted by molar-refractivity contribution is 8.00. The van der Waals surface area contributed by atoms with E-state index in [0.29, 0.717) is 43.1 Å². The predicted octanol–water partition coefficient (Wildman–Crippen LogP) is 5.19. The molecule has 1 aromatic heterocycles. The van der Waals surface area contributed by atoms with E-state index in [9.17, 15) is 22.8 Å². The van der Waals surface area contributed by atoms with E-state index in [4.69, 9.17) is 4.18 Å². The second kappa shape index (κ2) is 19.8. The first-order valence-electron chi connectivity index (χ1n) is 17.3. The first kappa shape index (κ1) is 36.9. The van der Waals surface area contributed by atoms with Crippen LogP contribution in [0.4, 0.5) is 4.79 Å². The molecular weight excluding hydrogens is 639 g/mol. The van der Waals surface area contributed by atoms with E-state index in [1.54, 1.807) is 18.3 Å². The van der Waals surface area contributed by atoms with Crippen molar-refractivity contribution < 1.29 is 27.0 Å². The summed E-state index contributed by atoms with van der Waals surface area (Å²) in [6.07, 6.45) is 14.8. The van der Waals surface area contributed by atoms with Gasteiger partial charge in [-0.25, -0.2) is 4.79 Å². The Morgan fingerprint density at radius 3 is 2.21 bits per heavy atom. The molecule has 0 saturated carbocycles. The Kier molecular flexibility index (Phi) is 15.6. The van der Waals surface area contributed by atoms with Crippen molar-refractivity contribution in [2.45, 2.75) is 119 Å². The minimum absolute atomic E-state index is 0.0580. The molecule has 0 unspecified atom stereocenters. The molecule has 3 heterocycles. The Hall–Kier alpha value is -2.90. The average Bonchev–Trinajstić information content (AvgIpc) is 3.62. The number of benzene rings is 1. The summed E-state index contributed by atoms with van der Waals surface area (Å²) in [4.78, 5) is 40.0. The van der Waals surface area contributed by atoms with Gasteiger partial charge in [-0.1, -0.05) is 56.7 Å². The van der Waals surface area contributed by atoms with Crippen molar-refractivity contribution in [2.75, 3.05) is 25.4 Å². The number of urea groups is 1. The van der Waals surface area contributed by atoms with Crippen LogP contribution in [-0.4, -0.2) is 74.0 Å². The number of hydrogen-bond donors (Lipinski definition) is 4. The topological polar surface area (TPSA) is 156 Å². The average molecular weight is 690 g/mol. The Morgan fingerprint density at radius 2 is 1.47 bits per heavy atom. The van der Waals surface area contributed by atoms with Crippen LogP contribution in [0.15, 0.2) is 41.4 Å². The molecule has 2 aromatic rings. The van der Waals surface area contributed by atoms with Gasteiger partial charge in [-0.15, -0.1) is 0 Å². The third kappa shape index (κ3) is 12.6. The number of amides is 4. The van der Waals surface area contributed by atoms with E-state index in [0.717, 1.165) is 88.2 Å². The zero-order valence-corrected chi connectivity index (χ0v) is 29.0. The molecule has 13 heteroatoms. The van der Waals surface area contributed by atoms with Gasteiger partial charge in [0.1, 0.15) is 4.90 Å². The van der Waals surface area contributed by atoms with Crippen molar-refractivity contribution in [3.63, 3.8) is 0 Å². The quantitative estimate of drug-likeness (QED) is 0.0706. The van der Waals surface area contributed by atoms with Crippen LogP contribution in [0.25, 0.3) is 10.9 Å². The van der Waals surface area contributed by atoms with Crippen LogP contribution in [0.2, 0.25) is 0 Å². The van der Waals surface area contributed by atoms with E-state index in [-0.39, 0.29) is 41.4 Å². The van der Waals surface area contributed by atoms with Crippen molar-refractivity contribution in [3.8, 4) is 0 Å². The molecule has 0 spiro atoms. The molecule has 4 rings (SSSR count). The summed E-state index contributed by atoms with van der Waals surface area (Å²) in [5, 5.41) is 13.2. The number of nitrogens with one attached hydrogen (secondary N) is 4. The highest BCUT2D eigenvalue weighted by atomic mass is 32.2. The molecule has 1 aromatic carbocycles. The van der Waals surface area contributed by atoms with Gasteiger partial charge in [0.25, 0.3) is 10.1 Å². The van der Waals surface area contributed by atoms with Gasteiger partial charge >= 0.3 is 6.03 Å². The lowest BCUT2D eigenvalue weighted by Gasteiger charge is -2.16. The molecule has 2 aliphatic rings. The maximum atomic E-state index is 12.6. The standard InChI is InChI=1S/C34H51N5O6S2/c40-30(35-21-10-6-11-22-36-31(41)20-9-8-17-28-33-27(25-46-28)38-34(42)39-33)19-7-4-2-1-3-5-12-24-45-47(43,44)29-18-13-15-26-16-14-23-37-32(26)29/h13-16,18,23,27-28,33H,1-12,17,19-22,24-25H2,(H,35,40)(H,36,41)(H2,38,39,42)/t27-,28-,33-/m0/s1.